The van der Waals surface area contributed by atoms with E-state index in [1.54, 1.807) is 0 Å². The van der Waals surface area contributed by atoms with Crippen molar-refractivity contribution in [2.45, 2.75) is 6.17 Å². The lowest BCUT2D eigenvalue weighted by molar-refractivity contribution is -0.843. The third-order valence-electron chi connectivity index (χ3n) is 1.69. The van der Waals surface area contributed by atoms with E-state index in [1.807, 2.05) is 31.4 Å². The predicted molar refractivity (Wildman–Crippen MR) is 37.9 cm³/mol. The van der Waals surface area contributed by atoms with E-state index in [-0.39, 0.29) is 30.1 Å². The summed E-state index contributed by atoms with van der Waals surface area (Å²) >= 11 is 0. The van der Waals surface area contributed by atoms with Crippen molar-refractivity contribution in [2.75, 3.05) is 14.1 Å². The molecule has 4 nitrogen and oxygen atoms in total. The van der Waals surface area contributed by atoms with Crippen LogP contribution in [0.2, 0.25) is 0 Å². The molecule has 11 heavy (non-hydrogen) atoms. The Balaban J connectivity index is 0.000001000. The van der Waals surface area contributed by atoms with Gasteiger partial charge >= 0.3 is 0 Å². The highest BCUT2D eigenvalue weighted by Gasteiger charge is 2.22. The van der Waals surface area contributed by atoms with E-state index in [2.05, 4.69) is 5.16 Å². The summed E-state index contributed by atoms with van der Waals surface area (Å²) in [5, 5.41) is 11.3. The van der Waals surface area contributed by atoms with Crippen molar-refractivity contribution in [3.05, 3.63) is 12.4 Å². The zero-order chi connectivity index (χ0) is 7.56. The van der Waals surface area contributed by atoms with Gasteiger partial charge in [-0.05, 0) is 0 Å². The van der Waals surface area contributed by atoms with Crippen molar-refractivity contribution < 1.29 is 34.1 Å². The molecule has 2 atom stereocenters. The monoisotopic (exact) mass is 269 g/mol. The largest absolute Gasteiger partial charge is 1.00 e. The first-order chi connectivity index (χ1) is 4.75. The van der Waals surface area contributed by atoms with Gasteiger partial charge in [-0.15, -0.1) is 0 Å². The predicted octanol–water partition coefficient (Wildman–Crippen LogP) is -4.29. The fourth-order valence-electron chi connectivity index (χ4n) is 1.03. The molecule has 2 unspecified atom stereocenters. The molecule has 2 N–H and O–H groups in total. The quantitative estimate of drug-likeness (QED) is 0.219. The van der Waals surface area contributed by atoms with Gasteiger partial charge in [-0.25, -0.2) is 0 Å². The van der Waals surface area contributed by atoms with E-state index in [0.29, 0.717) is 0 Å². The molecular weight excluding hydrogens is 257 g/mol. The zero-order valence-electron chi connectivity index (χ0n) is 6.53. The minimum absolute atomic E-state index is 0. The molecule has 0 aromatic carbocycles. The Labute approximate surface area is 83.2 Å². The number of quaternary nitrogens is 1. The van der Waals surface area contributed by atoms with Gasteiger partial charge in [0.15, 0.2) is 0 Å². The number of oxime groups is 1. The summed E-state index contributed by atoms with van der Waals surface area (Å²) in [6, 6.07) is 0. The highest BCUT2D eigenvalue weighted by atomic mass is 127. The number of hydrogen-bond donors (Lipinski definition) is 2. The van der Waals surface area contributed by atoms with Crippen LogP contribution in [0, 0.1) is 0 Å². The van der Waals surface area contributed by atoms with Crippen molar-refractivity contribution in [3.8, 4) is 0 Å². The molecule has 0 aromatic heterocycles. The van der Waals surface area contributed by atoms with Gasteiger partial charge < -0.3 is 34.1 Å². The van der Waals surface area contributed by atoms with Crippen LogP contribution in [-0.4, -0.2) is 36.6 Å². The molecule has 1 heterocycles. The molecule has 64 valence electrons. The fraction of sp³-hybridized carbons (Fsp3) is 0.500. The molecule has 0 saturated heterocycles. The molecule has 5 heteroatoms. The normalized spacial score (nSPS) is 29.5. The van der Waals surface area contributed by atoms with Gasteiger partial charge in [-0.3, -0.25) is 4.90 Å². The van der Waals surface area contributed by atoms with Gasteiger partial charge in [0, 0.05) is 7.05 Å². The van der Waals surface area contributed by atoms with Crippen LogP contribution in [0.3, 0.4) is 0 Å². The molecule has 0 radical (unpaired) electrons. The molecule has 0 aliphatic carbocycles. The standard InChI is InChI=1S/C6H11N3O.HI/c1-8-3-4-9(2)6(8)5-7-10;/h3-6,10H,1-2H3;1H/b7-5-;. The highest BCUT2D eigenvalue weighted by molar-refractivity contribution is 5.61. The summed E-state index contributed by atoms with van der Waals surface area (Å²) in [6.07, 6.45) is 5.62. The Morgan fingerprint density at radius 3 is 2.73 bits per heavy atom. The van der Waals surface area contributed by atoms with E-state index in [4.69, 9.17) is 5.21 Å². The van der Waals surface area contributed by atoms with Crippen LogP contribution in [0.15, 0.2) is 17.6 Å². The average Bonchev–Trinajstić information content (AvgIpc) is 2.20. The van der Waals surface area contributed by atoms with E-state index in [1.165, 1.54) is 11.1 Å². The van der Waals surface area contributed by atoms with Gasteiger partial charge in [0.1, 0.15) is 12.4 Å². The Morgan fingerprint density at radius 2 is 2.36 bits per heavy atom. The summed E-state index contributed by atoms with van der Waals surface area (Å²) in [5.41, 5.74) is 0. The Morgan fingerprint density at radius 1 is 1.73 bits per heavy atom. The van der Waals surface area contributed by atoms with Crippen LogP contribution in [0.4, 0.5) is 0 Å². The molecule has 0 amide bonds. The van der Waals surface area contributed by atoms with Crippen LogP contribution >= 0.6 is 0 Å². The lowest BCUT2D eigenvalue weighted by Crippen LogP contribution is -3.08. The highest BCUT2D eigenvalue weighted by Crippen LogP contribution is 1.91. The lowest BCUT2D eigenvalue weighted by atomic mass is 10.5. The minimum atomic E-state index is 0. The summed E-state index contributed by atoms with van der Waals surface area (Å²) in [5.74, 6) is 0. The van der Waals surface area contributed by atoms with Crippen molar-refractivity contribution in [3.63, 3.8) is 0 Å². The molecule has 1 aliphatic rings. The topological polar surface area (TPSA) is 40.3 Å². The second-order valence-electron chi connectivity index (χ2n) is 2.43. The smallest absolute Gasteiger partial charge is 0.207 e. The van der Waals surface area contributed by atoms with Crippen molar-refractivity contribution in [1.82, 2.24) is 4.90 Å². The molecule has 0 aromatic rings. The second-order valence-corrected chi connectivity index (χ2v) is 2.43. The van der Waals surface area contributed by atoms with Gasteiger partial charge in [0.05, 0.1) is 13.2 Å². The number of hydrogen-bond acceptors (Lipinski definition) is 3. The number of rotatable bonds is 1. The third-order valence-corrected chi connectivity index (χ3v) is 1.69. The van der Waals surface area contributed by atoms with E-state index < -0.39 is 0 Å². The van der Waals surface area contributed by atoms with Gasteiger partial charge in [-0.1, -0.05) is 5.16 Å². The molecule has 0 bridgehead atoms. The van der Waals surface area contributed by atoms with Crippen LogP contribution < -0.4 is 28.9 Å². The Bertz CT molecular complexity index is 159. The Kier molecular flexibility index (Phi) is 4.43. The molecule has 0 fully saturated rings. The summed E-state index contributed by atoms with van der Waals surface area (Å²) < 4.78 is 0. The summed E-state index contributed by atoms with van der Waals surface area (Å²) in [4.78, 5) is 3.18. The molecule has 1 aliphatic heterocycles. The van der Waals surface area contributed by atoms with E-state index in [9.17, 15) is 0 Å². The van der Waals surface area contributed by atoms with Crippen LogP contribution in [0.25, 0.3) is 0 Å². The number of halogens is 1. The Hall–Kier alpha value is -0.300. The maximum atomic E-state index is 8.26. The first-order valence-corrected chi connectivity index (χ1v) is 3.17. The SMILES string of the molecule is CN1C=C[NH+](C)C1/C=N\O.[I-]. The first kappa shape index (κ1) is 10.7. The maximum absolute atomic E-state index is 8.26. The fourth-order valence-corrected chi connectivity index (χ4v) is 1.03. The van der Waals surface area contributed by atoms with E-state index in [0.717, 1.165) is 0 Å². The van der Waals surface area contributed by atoms with Crippen LogP contribution in [0.1, 0.15) is 0 Å². The second kappa shape index (κ2) is 4.55. The van der Waals surface area contributed by atoms with Crippen LogP contribution in [-0.2, 0) is 0 Å². The van der Waals surface area contributed by atoms with Crippen LogP contribution in [0.5, 0.6) is 0 Å². The van der Waals surface area contributed by atoms with Gasteiger partial charge in [-0.2, -0.15) is 0 Å². The molecule has 1 rings (SSSR count). The number of nitrogens with zero attached hydrogens (tertiary/aromatic N) is 2. The lowest BCUT2D eigenvalue weighted by Gasteiger charge is -2.17. The van der Waals surface area contributed by atoms with E-state index >= 15 is 0 Å². The van der Waals surface area contributed by atoms with Crippen molar-refractivity contribution in [2.24, 2.45) is 5.16 Å². The summed E-state index contributed by atoms with van der Waals surface area (Å²) in [7, 11) is 3.95. The maximum Gasteiger partial charge on any atom is 0.207 e. The van der Waals surface area contributed by atoms with Crippen molar-refractivity contribution >= 4 is 6.21 Å². The molecular formula is C6H12IN3O. The summed E-state index contributed by atoms with van der Waals surface area (Å²) in [6.45, 7) is 0. The minimum Gasteiger partial charge on any atom is -1.00 e. The van der Waals surface area contributed by atoms with Gasteiger partial charge in [0.25, 0.3) is 0 Å². The molecule has 0 saturated carbocycles. The van der Waals surface area contributed by atoms with Crippen molar-refractivity contribution in [1.29, 1.82) is 0 Å². The van der Waals surface area contributed by atoms with Gasteiger partial charge in [0.2, 0.25) is 6.17 Å². The average molecular weight is 269 g/mol. The molecule has 0 spiro atoms. The first-order valence-electron chi connectivity index (χ1n) is 3.17. The zero-order valence-corrected chi connectivity index (χ0v) is 8.69. The number of nitrogens with one attached hydrogen (secondary N) is 1. The third kappa shape index (κ3) is 2.33.